The van der Waals surface area contributed by atoms with E-state index < -0.39 is 5.60 Å². The lowest BCUT2D eigenvalue weighted by molar-refractivity contribution is -0.294. The number of hydrogen-bond acceptors (Lipinski definition) is 4. The Morgan fingerprint density at radius 3 is 2.52 bits per heavy atom. The molecule has 140 valence electrons. The summed E-state index contributed by atoms with van der Waals surface area (Å²) in [5.74, 6) is 0.992. The van der Waals surface area contributed by atoms with Crippen molar-refractivity contribution >= 4 is 5.97 Å². The summed E-state index contributed by atoms with van der Waals surface area (Å²) in [6.45, 7) is 5.13. The molecule has 4 heteroatoms. The van der Waals surface area contributed by atoms with Gasteiger partial charge in [0.05, 0.1) is 24.7 Å². The number of hydrogen-bond donors (Lipinski definition) is 1. The van der Waals surface area contributed by atoms with Gasteiger partial charge < -0.3 is 14.6 Å². The molecule has 1 aliphatic heterocycles. The Hall–Kier alpha value is -0.610. The Morgan fingerprint density at radius 2 is 1.84 bits per heavy atom. The number of aliphatic hydroxyl groups is 1. The van der Waals surface area contributed by atoms with E-state index in [1.54, 1.807) is 0 Å². The summed E-state index contributed by atoms with van der Waals surface area (Å²) >= 11 is 0. The van der Waals surface area contributed by atoms with Crippen LogP contribution in [0.1, 0.15) is 71.6 Å². The van der Waals surface area contributed by atoms with Crippen LogP contribution < -0.4 is 0 Å². The van der Waals surface area contributed by atoms with Crippen molar-refractivity contribution in [2.24, 2.45) is 28.1 Å². The van der Waals surface area contributed by atoms with Crippen molar-refractivity contribution < 1.29 is 19.4 Å². The molecule has 7 unspecified atom stereocenters. The molecule has 0 aromatic rings. The number of fused-ring (bicyclic) bond motifs is 2. The van der Waals surface area contributed by atoms with Gasteiger partial charge in [-0.15, -0.1) is 0 Å². The maximum Gasteiger partial charge on any atom is 0.311 e. The summed E-state index contributed by atoms with van der Waals surface area (Å²) in [6, 6.07) is 0. The van der Waals surface area contributed by atoms with E-state index in [2.05, 4.69) is 13.8 Å². The van der Waals surface area contributed by atoms with Crippen LogP contribution in [0.2, 0.25) is 0 Å². The molecular formula is C21H32O4. The molecule has 25 heavy (non-hydrogen) atoms. The molecule has 1 saturated heterocycles. The Bertz CT molecular complexity index is 629. The minimum atomic E-state index is -0.578. The molecule has 0 aromatic heterocycles. The van der Waals surface area contributed by atoms with Gasteiger partial charge in [-0.1, -0.05) is 13.3 Å². The van der Waals surface area contributed by atoms with E-state index in [4.69, 9.17) is 9.47 Å². The standard InChI is InChI=1S/C21H32O4/c1-17-7-4-8-18(2,16(22)24-3)14(17)5-9-19-11-20(23)13-25-21(20,12-19)10-6-15(17)19/h14-15,23H,4-13H2,1-3H3. The minimum Gasteiger partial charge on any atom is -0.469 e. The number of ether oxygens (including phenoxy) is 2. The summed E-state index contributed by atoms with van der Waals surface area (Å²) in [5.41, 5.74) is -0.758. The van der Waals surface area contributed by atoms with Crippen LogP contribution in [0.5, 0.6) is 0 Å². The molecule has 5 rings (SSSR count). The van der Waals surface area contributed by atoms with Crippen molar-refractivity contribution in [1.82, 2.24) is 0 Å². The SMILES string of the molecule is COC(=O)C1(C)CCCC2(C)C3CCC45CC3(CCC12)CC4(O)CO5. The third-order valence-electron chi connectivity index (χ3n) is 9.65. The van der Waals surface area contributed by atoms with Crippen molar-refractivity contribution in [2.45, 2.75) is 82.8 Å². The van der Waals surface area contributed by atoms with Crippen LogP contribution >= 0.6 is 0 Å². The Balaban J connectivity index is 1.54. The number of methoxy groups -OCH3 is 1. The molecule has 0 amide bonds. The molecule has 1 N–H and O–H groups in total. The van der Waals surface area contributed by atoms with Gasteiger partial charge in [0.15, 0.2) is 0 Å². The van der Waals surface area contributed by atoms with Gasteiger partial charge in [0.1, 0.15) is 5.60 Å². The van der Waals surface area contributed by atoms with Gasteiger partial charge >= 0.3 is 5.97 Å². The second kappa shape index (κ2) is 4.62. The van der Waals surface area contributed by atoms with E-state index >= 15 is 0 Å². The van der Waals surface area contributed by atoms with E-state index in [1.165, 1.54) is 13.5 Å². The van der Waals surface area contributed by atoms with Crippen LogP contribution in [0.4, 0.5) is 0 Å². The van der Waals surface area contributed by atoms with E-state index in [9.17, 15) is 9.90 Å². The second-order valence-electron chi connectivity index (χ2n) is 10.5. The van der Waals surface area contributed by atoms with Crippen LogP contribution in [0.3, 0.4) is 0 Å². The molecule has 2 spiro atoms. The highest BCUT2D eigenvalue weighted by atomic mass is 16.6. The molecule has 0 aromatic carbocycles. The predicted octanol–water partition coefficient (Wildman–Crippen LogP) is 3.46. The van der Waals surface area contributed by atoms with Crippen molar-refractivity contribution in [2.75, 3.05) is 13.7 Å². The average Bonchev–Trinajstić information content (AvgIpc) is 2.69. The Kier molecular flexibility index (Phi) is 3.06. The quantitative estimate of drug-likeness (QED) is 0.738. The summed E-state index contributed by atoms with van der Waals surface area (Å²) in [6.07, 6.45) is 9.60. The van der Waals surface area contributed by atoms with Crippen LogP contribution in [-0.4, -0.2) is 36.0 Å². The fourth-order valence-corrected chi connectivity index (χ4v) is 8.68. The van der Waals surface area contributed by atoms with Crippen molar-refractivity contribution in [3.63, 3.8) is 0 Å². The number of esters is 1. The zero-order chi connectivity index (χ0) is 17.7. The maximum absolute atomic E-state index is 12.7. The van der Waals surface area contributed by atoms with Crippen LogP contribution in [0.15, 0.2) is 0 Å². The predicted molar refractivity (Wildman–Crippen MR) is 92.8 cm³/mol. The lowest BCUT2D eigenvalue weighted by Crippen LogP contribution is -2.66. The van der Waals surface area contributed by atoms with Crippen LogP contribution in [0.25, 0.3) is 0 Å². The zero-order valence-corrected chi connectivity index (χ0v) is 15.9. The van der Waals surface area contributed by atoms with Crippen LogP contribution in [-0.2, 0) is 14.3 Å². The average molecular weight is 348 g/mol. The van der Waals surface area contributed by atoms with Gasteiger partial charge in [-0.25, -0.2) is 0 Å². The lowest BCUT2D eigenvalue weighted by atomic mass is 9.41. The largest absolute Gasteiger partial charge is 0.469 e. The van der Waals surface area contributed by atoms with Crippen LogP contribution in [0, 0.1) is 28.1 Å². The number of carbonyl (C=O) groups excluding carboxylic acids is 1. The Labute approximate surface area is 150 Å². The lowest BCUT2D eigenvalue weighted by Gasteiger charge is -2.64. The first-order valence-corrected chi connectivity index (χ1v) is 10.2. The molecule has 0 radical (unpaired) electrons. The molecule has 1 heterocycles. The summed E-state index contributed by atoms with van der Waals surface area (Å²) in [4.78, 5) is 12.7. The molecule has 2 bridgehead atoms. The van der Waals surface area contributed by atoms with Gasteiger partial charge in [0.2, 0.25) is 0 Å². The molecule has 4 nitrogen and oxygen atoms in total. The highest BCUT2D eigenvalue weighted by molar-refractivity contribution is 5.77. The van der Waals surface area contributed by atoms with Gasteiger partial charge in [-0.2, -0.15) is 0 Å². The van der Waals surface area contributed by atoms with Crippen molar-refractivity contribution in [1.29, 1.82) is 0 Å². The molecule has 5 aliphatic rings. The first-order valence-electron chi connectivity index (χ1n) is 10.2. The van der Waals surface area contributed by atoms with E-state index in [0.29, 0.717) is 18.4 Å². The topological polar surface area (TPSA) is 55.8 Å². The summed E-state index contributed by atoms with van der Waals surface area (Å²) < 4.78 is 11.2. The smallest absolute Gasteiger partial charge is 0.311 e. The maximum atomic E-state index is 12.7. The Morgan fingerprint density at radius 1 is 1.08 bits per heavy atom. The van der Waals surface area contributed by atoms with E-state index in [0.717, 1.165) is 51.4 Å². The second-order valence-corrected chi connectivity index (χ2v) is 10.5. The third kappa shape index (κ3) is 1.70. The molecular weight excluding hydrogens is 316 g/mol. The highest BCUT2D eigenvalue weighted by Gasteiger charge is 2.76. The van der Waals surface area contributed by atoms with Crippen molar-refractivity contribution in [3.05, 3.63) is 0 Å². The minimum absolute atomic E-state index is 0.0138. The third-order valence-corrected chi connectivity index (χ3v) is 9.65. The molecule has 5 fully saturated rings. The summed E-state index contributed by atoms with van der Waals surface area (Å²) in [5, 5.41) is 11.2. The molecule has 7 atom stereocenters. The summed E-state index contributed by atoms with van der Waals surface area (Å²) in [7, 11) is 1.54. The highest BCUT2D eigenvalue weighted by Crippen LogP contribution is 2.76. The fourth-order valence-electron chi connectivity index (χ4n) is 8.68. The van der Waals surface area contributed by atoms with Crippen molar-refractivity contribution in [3.8, 4) is 0 Å². The monoisotopic (exact) mass is 348 g/mol. The molecule has 4 saturated carbocycles. The number of rotatable bonds is 1. The zero-order valence-electron chi connectivity index (χ0n) is 15.9. The first-order chi connectivity index (χ1) is 11.7. The molecule has 4 aliphatic carbocycles. The van der Waals surface area contributed by atoms with Gasteiger partial charge in [0.25, 0.3) is 0 Å². The van der Waals surface area contributed by atoms with Gasteiger partial charge in [-0.05, 0) is 81.0 Å². The van der Waals surface area contributed by atoms with Gasteiger partial charge in [-0.3, -0.25) is 4.79 Å². The first kappa shape index (κ1) is 16.6. The van der Waals surface area contributed by atoms with E-state index in [-0.39, 0.29) is 27.8 Å². The number of carbonyl (C=O) groups is 1. The fraction of sp³-hybridized carbons (Fsp3) is 0.952. The normalized spacial score (nSPS) is 59.2. The van der Waals surface area contributed by atoms with Gasteiger partial charge in [0, 0.05) is 0 Å². The van der Waals surface area contributed by atoms with E-state index in [1.807, 2.05) is 0 Å².